The second kappa shape index (κ2) is 5.60. The summed E-state index contributed by atoms with van der Waals surface area (Å²) < 4.78 is 0. The first-order chi connectivity index (χ1) is 7.79. The molecule has 0 amide bonds. The van der Waals surface area contributed by atoms with Crippen LogP contribution in [0.1, 0.15) is 20.9 Å². The van der Waals surface area contributed by atoms with Crippen LogP contribution in [-0.4, -0.2) is 4.98 Å². The molecule has 16 heavy (non-hydrogen) atoms. The predicted molar refractivity (Wildman–Crippen MR) is 74.0 cm³/mol. The number of rotatable bonds is 3. The fraction of sp³-hybridized carbons (Fsp3) is 0.154. The largest absolute Gasteiger partial charge is 0.260 e. The number of nitrogens with zero attached hydrogens (tertiary/aromatic N) is 1. The lowest BCUT2D eigenvalue weighted by Gasteiger charge is -2.16. The van der Waals surface area contributed by atoms with Crippen LogP contribution in [0.2, 0.25) is 0 Å². The van der Waals surface area contributed by atoms with Gasteiger partial charge in [0.1, 0.15) is 0 Å². The van der Waals surface area contributed by atoms with Gasteiger partial charge in [-0.25, -0.2) is 0 Å². The molecule has 0 bridgehead atoms. The quantitative estimate of drug-likeness (QED) is 0.741. The Balaban J connectivity index is 2.20. The predicted octanol–water partition coefficient (Wildman–Crippen LogP) is 4.65. The molecule has 82 valence electrons. The summed E-state index contributed by atoms with van der Waals surface area (Å²) in [5, 5.41) is 0. The Labute approximate surface area is 112 Å². The Morgan fingerprint density at radius 1 is 0.812 bits per heavy atom. The summed E-state index contributed by atoms with van der Waals surface area (Å²) in [6.45, 7) is 0. The number of hydrogen-bond acceptors (Lipinski definition) is 1. The molecule has 2 atom stereocenters. The van der Waals surface area contributed by atoms with Crippen LogP contribution >= 0.6 is 31.9 Å². The maximum absolute atomic E-state index is 4.35. The summed E-state index contributed by atoms with van der Waals surface area (Å²) in [5.74, 6) is 0. The molecule has 0 radical (unpaired) electrons. The normalized spacial score (nSPS) is 14.4. The number of halogens is 2. The Morgan fingerprint density at radius 3 is 2.12 bits per heavy atom. The third-order valence-corrected chi connectivity index (χ3v) is 5.11. The van der Waals surface area contributed by atoms with Crippen molar-refractivity contribution in [3.05, 3.63) is 66.0 Å². The zero-order valence-corrected chi connectivity index (χ0v) is 11.7. The van der Waals surface area contributed by atoms with Crippen molar-refractivity contribution in [2.75, 3.05) is 0 Å². The van der Waals surface area contributed by atoms with Crippen molar-refractivity contribution in [1.82, 2.24) is 4.98 Å². The lowest BCUT2D eigenvalue weighted by molar-refractivity contribution is 0.895. The third-order valence-electron chi connectivity index (χ3n) is 2.35. The maximum Gasteiger partial charge on any atom is 0.0733 e. The second-order valence-electron chi connectivity index (χ2n) is 3.47. The van der Waals surface area contributed by atoms with E-state index in [0.29, 0.717) is 0 Å². The summed E-state index contributed by atoms with van der Waals surface area (Å²) in [7, 11) is 0. The van der Waals surface area contributed by atoms with E-state index in [9.17, 15) is 0 Å². The van der Waals surface area contributed by atoms with Gasteiger partial charge in [-0.1, -0.05) is 68.3 Å². The van der Waals surface area contributed by atoms with Crippen molar-refractivity contribution >= 4 is 31.9 Å². The summed E-state index contributed by atoms with van der Waals surface area (Å²) in [6.07, 6.45) is 1.81. The van der Waals surface area contributed by atoms with E-state index in [-0.39, 0.29) is 9.65 Å². The van der Waals surface area contributed by atoms with E-state index in [1.807, 2.05) is 42.6 Å². The summed E-state index contributed by atoms with van der Waals surface area (Å²) in [5.41, 5.74) is 2.28. The number of pyridine rings is 1. The fourth-order valence-corrected chi connectivity index (χ4v) is 2.65. The number of alkyl halides is 2. The van der Waals surface area contributed by atoms with E-state index in [1.54, 1.807) is 0 Å². The molecular weight excluding hydrogens is 330 g/mol. The van der Waals surface area contributed by atoms with E-state index in [2.05, 4.69) is 49.0 Å². The van der Waals surface area contributed by atoms with Crippen LogP contribution in [-0.2, 0) is 0 Å². The monoisotopic (exact) mass is 339 g/mol. The zero-order valence-electron chi connectivity index (χ0n) is 8.55. The summed E-state index contributed by atoms with van der Waals surface area (Å²) >= 11 is 7.38. The van der Waals surface area contributed by atoms with Gasteiger partial charge in [-0.3, -0.25) is 4.98 Å². The molecule has 3 heteroatoms. The molecule has 0 fully saturated rings. The Hall–Kier alpha value is -0.670. The van der Waals surface area contributed by atoms with Gasteiger partial charge in [0.05, 0.1) is 15.3 Å². The Kier molecular flexibility index (Phi) is 4.13. The van der Waals surface area contributed by atoms with E-state index in [1.165, 1.54) is 5.56 Å². The van der Waals surface area contributed by atoms with Gasteiger partial charge >= 0.3 is 0 Å². The molecule has 0 aliphatic carbocycles. The number of hydrogen-bond donors (Lipinski definition) is 0. The smallest absolute Gasteiger partial charge is 0.0733 e. The van der Waals surface area contributed by atoms with Crippen LogP contribution < -0.4 is 0 Å². The van der Waals surface area contributed by atoms with Crippen LogP contribution in [0.15, 0.2) is 54.7 Å². The average Bonchev–Trinajstić information content (AvgIpc) is 2.39. The Bertz CT molecular complexity index is 387. The van der Waals surface area contributed by atoms with Crippen LogP contribution in [0.3, 0.4) is 0 Å². The van der Waals surface area contributed by atoms with Crippen LogP contribution in [0.4, 0.5) is 0 Å². The minimum Gasteiger partial charge on any atom is -0.260 e. The van der Waals surface area contributed by atoms with Gasteiger partial charge in [-0.05, 0) is 17.7 Å². The van der Waals surface area contributed by atoms with Gasteiger partial charge in [0.2, 0.25) is 0 Å². The lowest BCUT2D eigenvalue weighted by atomic mass is 10.1. The molecule has 0 N–H and O–H groups in total. The number of benzene rings is 1. The zero-order chi connectivity index (χ0) is 11.4. The van der Waals surface area contributed by atoms with Crippen LogP contribution in [0, 0.1) is 0 Å². The van der Waals surface area contributed by atoms with E-state index >= 15 is 0 Å². The molecule has 0 spiro atoms. The highest BCUT2D eigenvalue weighted by Gasteiger charge is 2.20. The molecule has 0 unspecified atom stereocenters. The highest BCUT2D eigenvalue weighted by molar-refractivity contribution is 9.12. The van der Waals surface area contributed by atoms with Crippen molar-refractivity contribution < 1.29 is 0 Å². The first-order valence-corrected chi connectivity index (χ1v) is 6.86. The Morgan fingerprint density at radius 2 is 1.50 bits per heavy atom. The molecule has 0 aliphatic rings. The molecule has 2 rings (SSSR count). The van der Waals surface area contributed by atoms with E-state index in [4.69, 9.17) is 0 Å². The lowest BCUT2D eigenvalue weighted by Crippen LogP contribution is -2.00. The standard InChI is InChI=1S/C13H11Br2N/c14-12(10-6-2-1-3-7-10)13(15)11-8-4-5-9-16-11/h1-9,12-13H/t12-,13-/m1/s1. The molecule has 0 saturated heterocycles. The highest BCUT2D eigenvalue weighted by Crippen LogP contribution is 2.41. The molecule has 1 aromatic heterocycles. The van der Waals surface area contributed by atoms with Gasteiger partial charge in [0.25, 0.3) is 0 Å². The van der Waals surface area contributed by atoms with Crippen molar-refractivity contribution in [2.45, 2.75) is 9.65 Å². The summed E-state index contributed by atoms with van der Waals surface area (Å²) in [4.78, 5) is 4.75. The van der Waals surface area contributed by atoms with Crippen molar-refractivity contribution in [1.29, 1.82) is 0 Å². The number of aromatic nitrogens is 1. The molecule has 1 nitrogen and oxygen atoms in total. The van der Waals surface area contributed by atoms with E-state index < -0.39 is 0 Å². The fourth-order valence-electron chi connectivity index (χ4n) is 1.49. The van der Waals surface area contributed by atoms with Gasteiger partial charge in [0, 0.05) is 6.20 Å². The molecule has 0 saturated carbocycles. The molecule has 0 aliphatic heterocycles. The van der Waals surface area contributed by atoms with E-state index in [0.717, 1.165) is 5.69 Å². The highest BCUT2D eigenvalue weighted by atomic mass is 79.9. The first-order valence-electron chi connectivity index (χ1n) is 5.03. The summed E-state index contributed by atoms with van der Waals surface area (Å²) in [6, 6.07) is 16.3. The molecule has 1 heterocycles. The minimum atomic E-state index is 0.177. The van der Waals surface area contributed by atoms with Crippen LogP contribution in [0.25, 0.3) is 0 Å². The van der Waals surface area contributed by atoms with Crippen molar-refractivity contribution in [3.8, 4) is 0 Å². The average molecular weight is 341 g/mol. The molecule has 2 aromatic rings. The molecular formula is C13H11Br2N. The minimum absolute atomic E-state index is 0.177. The first kappa shape index (κ1) is 11.8. The second-order valence-corrected chi connectivity index (χ2v) is 5.44. The van der Waals surface area contributed by atoms with Crippen LogP contribution in [0.5, 0.6) is 0 Å². The third kappa shape index (κ3) is 2.71. The molecule has 1 aromatic carbocycles. The van der Waals surface area contributed by atoms with Crippen molar-refractivity contribution in [2.24, 2.45) is 0 Å². The topological polar surface area (TPSA) is 12.9 Å². The maximum atomic E-state index is 4.35. The van der Waals surface area contributed by atoms with Gasteiger partial charge in [0.15, 0.2) is 0 Å². The van der Waals surface area contributed by atoms with Gasteiger partial charge in [-0.2, -0.15) is 0 Å². The van der Waals surface area contributed by atoms with Crippen molar-refractivity contribution in [3.63, 3.8) is 0 Å². The van der Waals surface area contributed by atoms with Gasteiger partial charge in [-0.15, -0.1) is 0 Å². The van der Waals surface area contributed by atoms with Gasteiger partial charge < -0.3 is 0 Å². The SMILES string of the molecule is Br[C@H](c1ccccc1)[C@H](Br)c1ccccn1.